The van der Waals surface area contributed by atoms with Crippen LogP contribution in [0.4, 0.5) is 0 Å². The molecule has 306 valence electrons. The fourth-order valence-corrected chi connectivity index (χ4v) is 7.96. The molecule has 0 amide bonds. The maximum absolute atomic E-state index is 12.7. The first-order valence-corrected chi connectivity index (χ1v) is 22.7. The van der Waals surface area contributed by atoms with E-state index in [0.717, 1.165) is 25.9 Å². The van der Waals surface area contributed by atoms with Gasteiger partial charge in [-0.25, -0.2) is 9.59 Å². The normalized spacial score (nSPS) is 20.9. The average molecular weight is 739 g/mol. The third-order valence-electron chi connectivity index (χ3n) is 11.3. The molecule has 6 atom stereocenters. The van der Waals surface area contributed by atoms with Crippen molar-refractivity contribution in [2.45, 2.75) is 218 Å². The predicted octanol–water partition coefficient (Wildman–Crippen LogP) is 7.60. The smallest absolute Gasteiger partial charge is 0.362 e. The molecule has 2 unspecified atom stereocenters. The third kappa shape index (κ3) is 23.5. The molecular formula is C44H86N2O6+2. The standard InChI is InChI=1S/C44H84N2O6/c1-5-7-9-11-13-15-17-19-21-23-25-27-29-31-33-45(3)35-41(47)51-39-37-49-44-40(38-50-43(39)44)52-42(48)36-46(4)34-32-30-28-26-24-22-20-18-16-14-12-10-8-6-2/h39-40,43-44H,5-38H2,1-4H3/p+2/t39-,40+,43-,44-/m1/s1. The molecule has 0 bridgehead atoms. The molecule has 0 aromatic carbocycles. The van der Waals surface area contributed by atoms with Gasteiger partial charge >= 0.3 is 11.9 Å². The highest BCUT2D eigenvalue weighted by Gasteiger charge is 2.51. The first kappa shape index (κ1) is 46.9. The number of quaternary nitrogens is 2. The van der Waals surface area contributed by atoms with Crippen LogP contribution in [0.5, 0.6) is 0 Å². The minimum atomic E-state index is -0.441. The lowest BCUT2D eigenvalue weighted by Crippen LogP contribution is -3.10. The Kier molecular flexibility index (Phi) is 28.9. The minimum Gasteiger partial charge on any atom is -0.453 e. The Morgan fingerprint density at radius 3 is 0.962 bits per heavy atom. The van der Waals surface area contributed by atoms with E-state index in [2.05, 4.69) is 27.9 Å². The van der Waals surface area contributed by atoms with Crippen LogP contribution in [0.2, 0.25) is 0 Å². The highest BCUT2D eigenvalue weighted by molar-refractivity contribution is 5.71. The van der Waals surface area contributed by atoms with Crippen LogP contribution in [0.1, 0.15) is 194 Å². The van der Waals surface area contributed by atoms with Crippen molar-refractivity contribution in [3.63, 3.8) is 0 Å². The van der Waals surface area contributed by atoms with Crippen molar-refractivity contribution >= 4 is 11.9 Å². The zero-order chi connectivity index (χ0) is 37.5. The molecule has 2 saturated heterocycles. The van der Waals surface area contributed by atoms with Crippen molar-refractivity contribution in [2.75, 3.05) is 53.5 Å². The van der Waals surface area contributed by atoms with E-state index in [9.17, 15) is 9.59 Å². The highest BCUT2D eigenvalue weighted by Crippen LogP contribution is 2.30. The summed E-state index contributed by atoms with van der Waals surface area (Å²) in [4.78, 5) is 27.8. The van der Waals surface area contributed by atoms with Gasteiger partial charge in [0.2, 0.25) is 0 Å². The molecule has 8 heteroatoms. The average Bonchev–Trinajstić information content (AvgIpc) is 3.71. The highest BCUT2D eigenvalue weighted by atomic mass is 16.7. The number of nitrogens with one attached hydrogen (secondary N) is 2. The summed E-state index contributed by atoms with van der Waals surface area (Å²) >= 11 is 0. The number of ether oxygens (including phenoxy) is 4. The Balaban J connectivity index is 1.43. The molecule has 0 aliphatic carbocycles. The van der Waals surface area contributed by atoms with Crippen molar-refractivity contribution in [1.82, 2.24) is 0 Å². The fraction of sp³-hybridized carbons (Fsp3) is 0.955. The van der Waals surface area contributed by atoms with Gasteiger partial charge in [-0.3, -0.25) is 0 Å². The lowest BCUT2D eigenvalue weighted by atomic mass is 10.0. The molecule has 0 saturated carbocycles. The van der Waals surface area contributed by atoms with Gasteiger partial charge in [0.1, 0.15) is 12.2 Å². The van der Waals surface area contributed by atoms with Crippen LogP contribution >= 0.6 is 0 Å². The molecule has 52 heavy (non-hydrogen) atoms. The van der Waals surface area contributed by atoms with Crippen LogP contribution in [0.15, 0.2) is 0 Å². The quantitative estimate of drug-likeness (QED) is 0.0510. The van der Waals surface area contributed by atoms with Crippen LogP contribution in [0.3, 0.4) is 0 Å². The van der Waals surface area contributed by atoms with Crippen molar-refractivity contribution in [3.8, 4) is 0 Å². The van der Waals surface area contributed by atoms with E-state index in [1.54, 1.807) is 0 Å². The fourth-order valence-electron chi connectivity index (χ4n) is 7.96. The minimum absolute atomic E-state index is 0.213. The summed E-state index contributed by atoms with van der Waals surface area (Å²) in [5.41, 5.74) is 0. The number of hydrogen-bond donors (Lipinski definition) is 2. The molecule has 0 aromatic rings. The van der Waals surface area contributed by atoms with E-state index in [4.69, 9.17) is 18.9 Å². The van der Waals surface area contributed by atoms with E-state index >= 15 is 0 Å². The van der Waals surface area contributed by atoms with Crippen molar-refractivity contribution in [2.24, 2.45) is 0 Å². The Morgan fingerprint density at radius 1 is 0.442 bits per heavy atom. The Hall–Kier alpha value is -1.22. The number of unbranched alkanes of at least 4 members (excludes halogenated alkanes) is 26. The topological polar surface area (TPSA) is 79.9 Å². The van der Waals surface area contributed by atoms with Crippen LogP contribution in [-0.4, -0.2) is 89.8 Å². The first-order chi connectivity index (χ1) is 25.4. The Morgan fingerprint density at radius 2 is 0.692 bits per heavy atom. The second-order valence-electron chi connectivity index (χ2n) is 16.6. The van der Waals surface area contributed by atoms with E-state index in [-0.39, 0.29) is 37.4 Å². The molecule has 2 rings (SSSR count). The number of esters is 2. The molecule has 0 radical (unpaired) electrons. The van der Waals surface area contributed by atoms with Crippen LogP contribution in [0.25, 0.3) is 0 Å². The maximum atomic E-state index is 12.7. The zero-order valence-electron chi connectivity index (χ0n) is 34.8. The molecule has 0 aromatic heterocycles. The first-order valence-electron chi connectivity index (χ1n) is 22.7. The number of fused-ring (bicyclic) bond motifs is 1. The van der Waals surface area contributed by atoms with Gasteiger partial charge in [0, 0.05) is 0 Å². The summed E-state index contributed by atoms with van der Waals surface area (Å²) in [6.45, 7) is 7.78. The van der Waals surface area contributed by atoms with Crippen LogP contribution in [0, 0.1) is 0 Å². The van der Waals surface area contributed by atoms with Crippen LogP contribution in [-0.2, 0) is 28.5 Å². The zero-order valence-corrected chi connectivity index (χ0v) is 34.8. The molecule has 2 heterocycles. The molecule has 2 aliphatic rings. The van der Waals surface area contributed by atoms with Gasteiger partial charge in [0.25, 0.3) is 0 Å². The second-order valence-corrected chi connectivity index (χ2v) is 16.6. The summed E-state index contributed by atoms with van der Waals surface area (Å²) in [5, 5.41) is 0. The molecular weight excluding hydrogens is 652 g/mol. The maximum Gasteiger partial charge on any atom is 0.362 e. The summed E-state index contributed by atoms with van der Waals surface area (Å²) in [5.74, 6) is -0.426. The molecule has 2 N–H and O–H groups in total. The lowest BCUT2D eigenvalue weighted by Gasteiger charge is -2.19. The van der Waals surface area contributed by atoms with E-state index in [1.807, 2.05) is 0 Å². The number of carbonyl (C=O) groups excluding carboxylic acids is 2. The summed E-state index contributed by atoms with van der Waals surface area (Å²) in [6, 6.07) is 0. The van der Waals surface area contributed by atoms with Crippen molar-refractivity contribution in [1.29, 1.82) is 0 Å². The van der Waals surface area contributed by atoms with Gasteiger partial charge in [0.15, 0.2) is 25.3 Å². The largest absolute Gasteiger partial charge is 0.453 e. The van der Waals surface area contributed by atoms with Gasteiger partial charge in [-0.15, -0.1) is 0 Å². The van der Waals surface area contributed by atoms with Crippen molar-refractivity contribution in [3.05, 3.63) is 0 Å². The molecule has 2 aliphatic heterocycles. The predicted molar refractivity (Wildman–Crippen MR) is 213 cm³/mol. The number of hydrogen-bond acceptors (Lipinski definition) is 6. The summed E-state index contributed by atoms with van der Waals surface area (Å²) in [7, 11) is 4.13. The second kappa shape index (κ2) is 32.1. The third-order valence-corrected chi connectivity index (χ3v) is 11.3. The lowest BCUT2D eigenvalue weighted by molar-refractivity contribution is -0.872. The molecule has 8 nitrogen and oxygen atoms in total. The van der Waals surface area contributed by atoms with E-state index < -0.39 is 12.2 Å². The van der Waals surface area contributed by atoms with Crippen molar-refractivity contribution < 1.29 is 38.3 Å². The molecule has 0 spiro atoms. The number of rotatable bonds is 36. The monoisotopic (exact) mass is 739 g/mol. The summed E-state index contributed by atoms with van der Waals surface area (Å²) in [6.07, 6.45) is 36.2. The van der Waals surface area contributed by atoms with Gasteiger partial charge in [-0.2, -0.15) is 0 Å². The summed E-state index contributed by atoms with van der Waals surface area (Å²) < 4.78 is 23.5. The van der Waals surface area contributed by atoms with Crippen LogP contribution < -0.4 is 9.80 Å². The van der Waals surface area contributed by atoms with E-state index in [0.29, 0.717) is 13.1 Å². The van der Waals surface area contributed by atoms with Gasteiger partial charge in [-0.1, -0.05) is 168 Å². The van der Waals surface area contributed by atoms with Gasteiger partial charge in [-0.05, 0) is 25.7 Å². The Bertz CT molecular complexity index is 791. The Labute approximate surface area is 321 Å². The van der Waals surface area contributed by atoms with Gasteiger partial charge in [0.05, 0.1) is 40.4 Å². The van der Waals surface area contributed by atoms with Gasteiger partial charge < -0.3 is 28.7 Å². The SMILES string of the molecule is CCCCCCCCCCCCCCCC[NH+](C)CC(=O)O[C@H]1CO[C@H]2[C@@H]1OC[C@H]2OC(=O)C[NH+](C)CCCCCCCCCCCCCCCC. The number of carbonyl (C=O) groups is 2. The number of likely N-dealkylation sites (N-methyl/N-ethyl adjacent to an activating group) is 2. The van der Waals surface area contributed by atoms with E-state index in [1.165, 1.54) is 177 Å². The molecule has 2 fully saturated rings.